The van der Waals surface area contributed by atoms with Gasteiger partial charge in [-0.3, -0.25) is 4.79 Å². The first-order chi connectivity index (χ1) is 13.5. The molecule has 7 nitrogen and oxygen atoms in total. The van der Waals surface area contributed by atoms with Crippen LogP contribution in [0.3, 0.4) is 0 Å². The lowest BCUT2D eigenvalue weighted by atomic mass is 9.81. The van der Waals surface area contributed by atoms with E-state index in [-0.39, 0.29) is 17.7 Å². The minimum atomic E-state index is -0.479. The summed E-state index contributed by atoms with van der Waals surface area (Å²) in [6.07, 6.45) is 3.87. The second-order valence-corrected chi connectivity index (χ2v) is 7.48. The first-order valence-electron chi connectivity index (χ1n) is 9.66. The number of rotatable bonds is 6. The van der Waals surface area contributed by atoms with Crippen molar-refractivity contribution in [2.24, 2.45) is 5.92 Å². The predicted octanol–water partition coefficient (Wildman–Crippen LogP) is 2.78. The highest BCUT2D eigenvalue weighted by atomic mass is 19.1. The number of likely N-dealkylation sites (tertiary alicyclic amines) is 1. The molecule has 2 aliphatic heterocycles. The fourth-order valence-corrected chi connectivity index (χ4v) is 4.02. The Morgan fingerprint density at radius 1 is 1.46 bits per heavy atom. The summed E-state index contributed by atoms with van der Waals surface area (Å²) in [6.45, 7) is 5.71. The van der Waals surface area contributed by atoms with Gasteiger partial charge in [-0.15, -0.1) is 0 Å². The average Bonchev–Trinajstić information content (AvgIpc) is 3.23. The van der Waals surface area contributed by atoms with E-state index < -0.39 is 11.4 Å². The van der Waals surface area contributed by atoms with Gasteiger partial charge in [0, 0.05) is 25.1 Å². The number of halogens is 1. The molecule has 28 heavy (non-hydrogen) atoms. The molecule has 150 valence electrons. The molecule has 2 fully saturated rings. The molecule has 1 spiro atoms. The van der Waals surface area contributed by atoms with Crippen molar-refractivity contribution in [2.75, 3.05) is 26.3 Å². The molecule has 2 aromatic rings. The van der Waals surface area contributed by atoms with Crippen molar-refractivity contribution < 1.29 is 23.2 Å². The van der Waals surface area contributed by atoms with Gasteiger partial charge in [-0.1, -0.05) is 12.1 Å². The van der Waals surface area contributed by atoms with Crippen LogP contribution >= 0.6 is 0 Å². The molecule has 1 unspecified atom stereocenters. The quantitative estimate of drug-likeness (QED) is 0.756. The predicted molar refractivity (Wildman–Crippen MR) is 97.6 cm³/mol. The summed E-state index contributed by atoms with van der Waals surface area (Å²) in [5.74, 6) is 0.174. The van der Waals surface area contributed by atoms with Crippen LogP contribution < -0.4 is 4.74 Å². The Bertz CT molecular complexity index is 863. The molecular formula is C20H24FN3O4. The highest BCUT2D eigenvalue weighted by Crippen LogP contribution is 2.41. The molecule has 4 rings (SSSR count). The van der Waals surface area contributed by atoms with E-state index in [1.54, 1.807) is 11.8 Å². The zero-order valence-electron chi connectivity index (χ0n) is 16.1. The van der Waals surface area contributed by atoms with E-state index in [1.165, 1.54) is 18.3 Å². The minimum absolute atomic E-state index is 0.00103. The zero-order chi connectivity index (χ0) is 19.7. The number of amides is 1. The smallest absolute Gasteiger partial charge is 0.259 e. The van der Waals surface area contributed by atoms with Crippen molar-refractivity contribution >= 4 is 5.91 Å². The highest BCUT2D eigenvalue weighted by Gasteiger charge is 2.55. The Morgan fingerprint density at radius 3 is 3.04 bits per heavy atom. The lowest BCUT2D eigenvalue weighted by Crippen LogP contribution is -2.66. The Kier molecular flexibility index (Phi) is 5.05. The fraction of sp³-hybridized carbons (Fsp3) is 0.550. The maximum absolute atomic E-state index is 13.7. The van der Waals surface area contributed by atoms with Crippen molar-refractivity contribution in [1.82, 2.24) is 15.0 Å². The van der Waals surface area contributed by atoms with Gasteiger partial charge in [-0.2, -0.15) is 0 Å². The SMILES string of the molecule is CCCc1onc(C)c1C(=O)N1CC2(C1)OCCC2COc1ncccc1F. The number of nitrogens with zero attached hydrogens (tertiary/aromatic N) is 3. The lowest BCUT2D eigenvalue weighted by Gasteiger charge is -2.50. The van der Waals surface area contributed by atoms with Crippen LogP contribution in [0, 0.1) is 18.7 Å². The highest BCUT2D eigenvalue weighted by molar-refractivity contribution is 5.96. The molecule has 0 aromatic carbocycles. The fourth-order valence-electron chi connectivity index (χ4n) is 4.02. The largest absolute Gasteiger partial charge is 0.475 e. The number of hydrogen-bond acceptors (Lipinski definition) is 6. The van der Waals surface area contributed by atoms with Crippen molar-refractivity contribution in [1.29, 1.82) is 0 Å². The van der Waals surface area contributed by atoms with E-state index in [4.69, 9.17) is 14.0 Å². The van der Waals surface area contributed by atoms with Crippen LogP contribution in [0.2, 0.25) is 0 Å². The van der Waals surface area contributed by atoms with E-state index in [9.17, 15) is 9.18 Å². The van der Waals surface area contributed by atoms with Crippen LogP contribution in [-0.4, -0.2) is 52.9 Å². The average molecular weight is 389 g/mol. The number of aromatic nitrogens is 2. The Labute approximate surface area is 162 Å². The second kappa shape index (κ2) is 7.50. The summed E-state index contributed by atoms with van der Waals surface area (Å²) < 4.78 is 30.6. The van der Waals surface area contributed by atoms with Crippen LogP contribution in [0.1, 0.15) is 41.6 Å². The van der Waals surface area contributed by atoms with Crippen LogP contribution in [0.5, 0.6) is 5.88 Å². The third-order valence-corrected chi connectivity index (χ3v) is 5.57. The van der Waals surface area contributed by atoms with E-state index in [2.05, 4.69) is 10.1 Å². The standard InChI is InChI=1S/C20H24FN3O4/c1-3-5-16-17(13(2)23-28-16)19(25)24-11-20(12-24)14(7-9-27-20)10-26-18-15(21)6-4-8-22-18/h4,6,8,14H,3,5,7,9-12H2,1-2H3. The normalized spacial score (nSPS) is 20.4. The van der Waals surface area contributed by atoms with E-state index >= 15 is 0 Å². The molecule has 0 radical (unpaired) electrons. The van der Waals surface area contributed by atoms with Gasteiger partial charge >= 0.3 is 0 Å². The minimum Gasteiger partial charge on any atom is -0.475 e. The van der Waals surface area contributed by atoms with E-state index in [0.717, 1.165) is 12.8 Å². The Balaban J connectivity index is 1.40. The molecule has 2 saturated heterocycles. The molecule has 0 N–H and O–H groups in total. The lowest BCUT2D eigenvalue weighted by molar-refractivity contribution is -0.122. The number of pyridine rings is 1. The van der Waals surface area contributed by atoms with Gasteiger partial charge in [0.05, 0.1) is 25.4 Å². The molecule has 1 amide bonds. The molecule has 4 heterocycles. The van der Waals surface area contributed by atoms with Gasteiger partial charge in [-0.25, -0.2) is 9.37 Å². The summed E-state index contributed by atoms with van der Waals surface area (Å²) in [7, 11) is 0. The third-order valence-electron chi connectivity index (χ3n) is 5.57. The first-order valence-corrected chi connectivity index (χ1v) is 9.66. The van der Waals surface area contributed by atoms with Gasteiger partial charge in [0.25, 0.3) is 5.91 Å². The summed E-state index contributed by atoms with van der Waals surface area (Å²) in [4.78, 5) is 18.6. The van der Waals surface area contributed by atoms with Gasteiger partial charge in [0.15, 0.2) is 5.82 Å². The Morgan fingerprint density at radius 2 is 2.29 bits per heavy atom. The molecule has 0 bridgehead atoms. The molecule has 1 atom stereocenters. The third kappa shape index (κ3) is 3.26. The molecule has 2 aliphatic rings. The van der Waals surface area contributed by atoms with Crippen molar-refractivity contribution in [3.63, 3.8) is 0 Å². The second-order valence-electron chi connectivity index (χ2n) is 7.48. The van der Waals surface area contributed by atoms with Crippen molar-refractivity contribution in [2.45, 2.75) is 38.7 Å². The Hall–Kier alpha value is -2.48. The summed E-state index contributed by atoms with van der Waals surface area (Å²) in [6, 6.07) is 2.85. The summed E-state index contributed by atoms with van der Waals surface area (Å²) in [5, 5.41) is 3.96. The number of carbonyl (C=O) groups excluding carboxylic acids is 1. The number of aryl methyl sites for hydroxylation is 2. The zero-order valence-corrected chi connectivity index (χ0v) is 16.1. The summed E-state index contributed by atoms with van der Waals surface area (Å²) >= 11 is 0. The van der Waals surface area contributed by atoms with E-state index in [0.29, 0.717) is 49.7 Å². The van der Waals surface area contributed by atoms with E-state index in [1.807, 2.05) is 6.92 Å². The maximum atomic E-state index is 13.7. The summed E-state index contributed by atoms with van der Waals surface area (Å²) in [5.41, 5.74) is 0.752. The van der Waals surface area contributed by atoms with Gasteiger partial charge < -0.3 is 18.9 Å². The van der Waals surface area contributed by atoms with Crippen LogP contribution in [0.4, 0.5) is 4.39 Å². The van der Waals surface area contributed by atoms with Gasteiger partial charge in [-0.05, 0) is 31.9 Å². The van der Waals surface area contributed by atoms with Crippen LogP contribution in [0.25, 0.3) is 0 Å². The molecule has 8 heteroatoms. The monoisotopic (exact) mass is 389 g/mol. The first kappa shape index (κ1) is 18.9. The number of hydrogen-bond donors (Lipinski definition) is 0. The van der Waals surface area contributed by atoms with Gasteiger partial charge in [0.2, 0.25) is 5.88 Å². The number of carbonyl (C=O) groups is 1. The van der Waals surface area contributed by atoms with Crippen molar-refractivity contribution in [3.05, 3.63) is 41.2 Å². The van der Waals surface area contributed by atoms with Crippen LogP contribution in [-0.2, 0) is 11.2 Å². The van der Waals surface area contributed by atoms with Crippen molar-refractivity contribution in [3.8, 4) is 5.88 Å². The topological polar surface area (TPSA) is 77.7 Å². The molecule has 0 aliphatic carbocycles. The number of ether oxygens (including phenoxy) is 2. The molecule has 0 saturated carbocycles. The molecular weight excluding hydrogens is 365 g/mol. The maximum Gasteiger partial charge on any atom is 0.259 e. The molecule has 2 aromatic heterocycles. The van der Waals surface area contributed by atoms with Gasteiger partial charge in [0.1, 0.15) is 16.9 Å². The van der Waals surface area contributed by atoms with Crippen LogP contribution in [0.15, 0.2) is 22.9 Å².